The van der Waals surface area contributed by atoms with Crippen LogP contribution in [0.1, 0.15) is 65.7 Å². The molecule has 0 heterocycles. The van der Waals surface area contributed by atoms with Gasteiger partial charge in [0.15, 0.2) is 0 Å². The standard InChI is InChI=1S/C14H28N2O/c1-4-14(15,5-2)13(17)16-11(3)12-9-7-6-8-10-12/h11-12H,4-10,15H2,1-3H3,(H,16,17)/t11-/m0/s1. The highest BCUT2D eigenvalue weighted by molar-refractivity contribution is 5.86. The molecule has 0 spiro atoms. The molecule has 3 nitrogen and oxygen atoms in total. The molecule has 0 bridgehead atoms. The number of rotatable bonds is 5. The molecular formula is C14H28N2O. The molecule has 3 N–H and O–H groups in total. The summed E-state index contributed by atoms with van der Waals surface area (Å²) in [5.74, 6) is 0.672. The van der Waals surface area contributed by atoms with E-state index in [0.717, 1.165) is 0 Å². The first-order valence-corrected chi connectivity index (χ1v) is 7.13. The maximum Gasteiger partial charge on any atom is 0.240 e. The van der Waals surface area contributed by atoms with Crippen LogP contribution in [0.25, 0.3) is 0 Å². The second kappa shape index (κ2) is 6.39. The topological polar surface area (TPSA) is 55.1 Å². The lowest BCUT2D eigenvalue weighted by Crippen LogP contribution is -2.56. The van der Waals surface area contributed by atoms with Crippen LogP contribution in [0, 0.1) is 5.92 Å². The van der Waals surface area contributed by atoms with E-state index in [-0.39, 0.29) is 11.9 Å². The molecule has 0 aliphatic heterocycles. The van der Waals surface area contributed by atoms with Crippen LogP contribution in [0.2, 0.25) is 0 Å². The molecule has 0 aromatic heterocycles. The number of amides is 1. The quantitative estimate of drug-likeness (QED) is 0.776. The fraction of sp³-hybridized carbons (Fsp3) is 0.929. The second-order valence-electron chi connectivity index (χ2n) is 5.52. The molecule has 0 radical (unpaired) electrons. The van der Waals surface area contributed by atoms with Gasteiger partial charge >= 0.3 is 0 Å². The van der Waals surface area contributed by atoms with E-state index in [1.807, 2.05) is 13.8 Å². The van der Waals surface area contributed by atoms with Crippen molar-refractivity contribution in [3.05, 3.63) is 0 Å². The third-order valence-electron chi connectivity index (χ3n) is 4.43. The summed E-state index contributed by atoms with van der Waals surface area (Å²) < 4.78 is 0. The first-order chi connectivity index (χ1) is 8.03. The van der Waals surface area contributed by atoms with E-state index in [4.69, 9.17) is 5.73 Å². The Bertz CT molecular complexity index is 243. The first kappa shape index (κ1) is 14.5. The van der Waals surface area contributed by atoms with Crippen molar-refractivity contribution in [1.29, 1.82) is 0 Å². The van der Waals surface area contributed by atoms with Crippen molar-refractivity contribution in [3.63, 3.8) is 0 Å². The third kappa shape index (κ3) is 3.70. The fourth-order valence-electron chi connectivity index (χ4n) is 2.67. The van der Waals surface area contributed by atoms with E-state index < -0.39 is 5.54 Å². The highest BCUT2D eigenvalue weighted by Gasteiger charge is 2.32. The van der Waals surface area contributed by atoms with Crippen LogP contribution in [0.4, 0.5) is 0 Å². The summed E-state index contributed by atoms with van der Waals surface area (Å²) in [6, 6.07) is 0.267. The smallest absolute Gasteiger partial charge is 0.240 e. The predicted octanol–water partition coefficient (Wildman–Crippen LogP) is 2.59. The number of nitrogens with one attached hydrogen (secondary N) is 1. The molecule has 1 saturated carbocycles. The Labute approximate surface area is 106 Å². The Balaban J connectivity index is 2.49. The molecule has 0 unspecified atom stereocenters. The maximum atomic E-state index is 12.1. The van der Waals surface area contributed by atoms with E-state index in [9.17, 15) is 4.79 Å². The predicted molar refractivity (Wildman–Crippen MR) is 71.7 cm³/mol. The molecule has 1 aliphatic carbocycles. The van der Waals surface area contributed by atoms with Gasteiger partial charge in [-0.2, -0.15) is 0 Å². The molecule has 3 heteroatoms. The van der Waals surface area contributed by atoms with Gasteiger partial charge in [0.25, 0.3) is 0 Å². The van der Waals surface area contributed by atoms with E-state index in [1.54, 1.807) is 0 Å². The van der Waals surface area contributed by atoms with E-state index in [2.05, 4.69) is 12.2 Å². The molecule has 0 aromatic carbocycles. The van der Waals surface area contributed by atoms with Gasteiger partial charge in [0, 0.05) is 6.04 Å². The second-order valence-corrected chi connectivity index (χ2v) is 5.52. The van der Waals surface area contributed by atoms with Crippen LogP contribution >= 0.6 is 0 Å². The zero-order valence-electron chi connectivity index (χ0n) is 11.6. The van der Waals surface area contributed by atoms with Crippen molar-refractivity contribution < 1.29 is 4.79 Å². The normalized spacial score (nSPS) is 20.0. The number of carbonyl (C=O) groups is 1. The van der Waals surface area contributed by atoms with Crippen molar-refractivity contribution in [2.45, 2.75) is 77.3 Å². The van der Waals surface area contributed by atoms with Crippen molar-refractivity contribution >= 4 is 5.91 Å². The number of hydrogen-bond acceptors (Lipinski definition) is 2. The summed E-state index contributed by atoms with van der Waals surface area (Å²) in [4.78, 5) is 12.1. The van der Waals surface area contributed by atoms with Gasteiger partial charge in [-0.1, -0.05) is 33.1 Å². The Kier molecular flexibility index (Phi) is 5.44. The SMILES string of the molecule is CCC(N)(CC)C(=O)N[C@@H](C)C1CCCCC1. The van der Waals surface area contributed by atoms with Gasteiger partial charge in [-0.3, -0.25) is 4.79 Å². The minimum Gasteiger partial charge on any atom is -0.352 e. The van der Waals surface area contributed by atoms with Gasteiger partial charge in [0.1, 0.15) is 0 Å². The molecule has 1 fully saturated rings. The Morgan fingerprint density at radius 1 is 1.29 bits per heavy atom. The van der Waals surface area contributed by atoms with Crippen molar-refractivity contribution in [2.75, 3.05) is 0 Å². The number of hydrogen-bond donors (Lipinski definition) is 2. The van der Waals surface area contributed by atoms with Gasteiger partial charge in [-0.05, 0) is 38.5 Å². The monoisotopic (exact) mass is 240 g/mol. The molecule has 100 valence electrons. The van der Waals surface area contributed by atoms with Crippen molar-refractivity contribution in [2.24, 2.45) is 11.7 Å². The van der Waals surface area contributed by atoms with E-state index >= 15 is 0 Å². The van der Waals surface area contributed by atoms with Gasteiger partial charge < -0.3 is 11.1 Å². The van der Waals surface area contributed by atoms with Crippen LogP contribution in [0.3, 0.4) is 0 Å². The highest BCUT2D eigenvalue weighted by atomic mass is 16.2. The molecule has 17 heavy (non-hydrogen) atoms. The lowest BCUT2D eigenvalue weighted by atomic mass is 9.84. The summed E-state index contributed by atoms with van der Waals surface area (Å²) in [6.07, 6.45) is 7.86. The highest BCUT2D eigenvalue weighted by Crippen LogP contribution is 2.26. The van der Waals surface area contributed by atoms with E-state index in [0.29, 0.717) is 18.8 Å². The van der Waals surface area contributed by atoms with Gasteiger partial charge in [0.05, 0.1) is 5.54 Å². The van der Waals surface area contributed by atoms with Crippen molar-refractivity contribution in [1.82, 2.24) is 5.32 Å². The minimum atomic E-state index is -0.678. The Morgan fingerprint density at radius 3 is 2.29 bits per heavy atom. The summed E-state index contributed by atoms with van der Waals surface area (Å²) in [5.41, 5.74) is 5.43. The van der Waals surface area contributed by atoms with Gasteiger partial charge in [0.2, 0.25) is 5.91 Å². The molecular weight excluding hydrogens is 212 g/mol. The first-order valence-electron chi connectivity index (χ1n) is 7.13. The van der Waals surface area contributed by atoms with E-state index in [1.165, 1.54) is 32.1 Å². The lowest BCUT2D eigenvalue weighted by Gasteiger charge is -2.32. The summed E-state index contributed by atoms with van der Waals surface area (Å²) in [6.45, 7) is 6.09. The molecule has 0 aromatic rings. The van der Waals surface area contributed by atoms with Crippen LogP contribution in [-0.4, -0.2) is 17.5 Å². The zero-order chi connectivity index (χ0) is 12.9. The molecule has 1 aliphatic rings. The summed E-state index contributed by atoms with van der Waals surface area (Å²) in [7, 11) is 0. The van der Waals surface area contributed by atoms with Crippen LogP contribution in [-0.2, 0) is 4.79 Å². The Hall–Kier alpha value is -0.570. The Morgan fingerprint density at radius 2 is 1.82 bits per heavy atom. The van der Waals surface area contributed by atoms with Crippen molar-refractivity contribution in [3.8, 4) is 0 Å². The average Bonchev–Trinajstić information content (AvgIpc) is 2.38. The molecule has 1 atom stereocenters. The fourth-order valence-corrected chi connectivity index (χ4v) is 2.67. The average molecular weight is 240 g/mol. The summed E-state index contributed by atoms with van der Waals surface area (Å²) >= 11 is 0. The molecule has 0 saturated heterocycles. The number of nitrogens with two attached hydrogens (primary N) is 1. The summed E-state index contributed by atoms with van der Waals surface area (Å²) in [5, 5.41) is 3.13. The third-order valence-corrected chi connectivity index (χ3v) is 4.43. The minimum absolute atomic E-state index is 0.0283. The maximum absolute atomic E-state index is 12.1. The van der Waals surface area contributed by atoms with Gasteiger partial charge in [-0.25, -0.2) is 0 Å². The van der Waals surface area contributed by atoms with Crippen LogP contribution in [0.15, 0.2) is 0 Å². The van der Waals surface area contributed by atoms with Gasteiger partial charge in [-0.15, -0.1) is 0 Å². The molecule has 1 rings (SSSR count). The zero-order valence-corrected chi connectivity index (χ0v) is 11.6. The lowest BCUT2D eigenvalue weighted by molar-refractivity contribution is -0.127. The largest absolute Gasteiger partial charge is 0.352 e. The number of carbonyl (C=O) groups excluding carboxylic acids is 1. The van der Waals surface area contributed by atoms with Crippen LogP contribution in [0.5, 0.6) is 0 Å². The molecule has 1 amide bonds. The van der Waals surface area contributed by atoms with Crippen LogP contribution < -0.4 is 11.1 Å².